The number of primary amides is 1. The van der Waals surface area contributed by atoms with Gasteiger partial charge in [0.05, 0.1) is 64.3 Å². The fourth-order valence-electron chi connectivity index (χ4n) is 8.83. The van der Waals surface area contributed by atoms with Gasteiger partial charge in [0.2, 0.25) is 11.8 Å². The van der Waals surface area contributed by atoms with Crippen molar-refractivity contribution in [2.24, 2.45) is 17.6 Å². The van der Waals surface area contributed by atoms with Gasteiger partial charge >= 0.3 is 6.03 Å². The third kappa shape index (κ3) is 17.9. The van der Waals surface area contributed by atoms with Crippen molar-refractivity contribution in [2.45, 2.75) is 84.7 Å². The molecule has 1 fully saturated rings. The topological polar surface area (TPSA) is 255 Å². The molecule has 3 aromatic carbocycles. The summed E-state index contributed by atoms with van der Waals surface area (Å²) >= 11 is 0. The normalized spacial score (nSPS) is 14.0. The van der Waals surface area contributed by atoms with Crippen LogP contribution in [0.2, 0.25) is 0 Å². The lowest BCUT2D eigenvalue weighted by molar-refractivity contribution is -0.945. The zero-order valence-corrected chi connectivity index (χ0v) is 42.3. The third-order valence-corrected chi connectivity index (χ3v) is 12.7. The summed E-state index contributed by atoms with van der Waals surface area (Å²) in [6, 6.07) is 20.5. The van der Waals surface area contributed by atoms with Crippen molar-refractivity contribution in [3.63, 3.8) is 0 Å². The number of aromatic amines is 2. The molecule has 0 aliphatic carbocycles. The van der Waals surface area contributed by atoms with Crippen LogP contribution in [0.25, 0.3) is 33.5 Å². The molecule has 6 rings (SSSR count). The molecule has 19 heteroatoms. The Hall–Kier alpha value is -6.54. The summed E-state index contributed by atoms with van der Waals surface area (Å²) in [5.74, 6) is -0.345. The van der Waals surface area contributed by atoms with Gasteiger partial charge in [-0.1, -0.05) is 38.1 Å². The van der Waals surface area contributed by atoms with Gasteiger partial charge in [0.25, 0.3) is 0 Å². The molecule has 72 heavy (non-hydrogen) atoms. The molecule has 0 unspecified atom stereocenters. The van der Waals surface area contributed by atoms with Gasteiger partial charge < -0.3 is 52.5 Å². The molecule has 2 aromatic heterocycles. The van der Waals surface area contributed by atoms with Crippen molar-refractivity contribution in [1.82, 2.24) is 36.0 Å². The molecule has 0 bridgehead atoms. The number of H-pyrrole nitrogens is 2. The van der Waals surface area contributed by atoms with E-state index in [1.807, 2.05) is 74.5 Å². The number of rotatable bonds is 31. The number of ether oxygens (including phenoxy) is 4. The van der Waals surface area contributed by atoms with Gasteiger partial charge in [-0.25, -0.2) is 9.78 Å². The van der Waals surface area contributed by atoms with E-state index in [1.165, 1.54) is 19.7 Å². The molecule has 1 aliphatic rings. The van der Waals surface area contributed by atoms with Gasteiger partial charge in [0.15, 0.2) is 11.6 Å². The lowest BCUT2D eigenvalue weighted by atomic mass is 9.89. The van der Waals surface area contributed by atoms with Crippen LogP contribution >= 0.6 is 0 Å². The molecule has 1 aliphatic heterocycles. The van der Waals surface area contributed by atoms with Crippen LogP contribution in [0.1, 0.15) is 77.7 Å². The van der Waals surface area contributed by atoms with Crippen LogP contribution in [-0.2, 0) is 39.9 Å². The number of ketones is 2. The average molecular weight is 995 g/mol. The van der Waals surface area contributed by atoms with Crippen LogP contribution in [0, 0.1) is 19.3 Å². The fraction of sp³-hybridized carbons (Fsp3) is 0.491. The second-order valence-corrected chi connectivity index (χ2v) is 18.6. The molecule has 0 spiro atoms. The van der Waals surface area contributed by atoms with Crippen molar-refractivity contribution in [3.8, 4) is 28.4 Å². The van der Waals surface area contributed by atoms with Gasteiger partial charge in [-0.15, -0.1) is 0 Å². The van der Waals surface area contributed by atoms with E-state index in [0.29, 0.717) is 63.8 Å². The minimum absolute atomic E-state index is 0. The van der Waals surface area contributed by atoms with Crippen molar-refractivity contribution in [1.29, 1.82) is 0 Å². The van der Waals surface area contributed by atoms with Crippen LogP contribution in [0.3, 0.4) is 0 Å². The predicted molar refractivity (Wildman–Crippen MR) is 275 cm³/mol. The van der Waals surface area contributed by atoms with Crippen LogP contribution in [0.5, 0.6) is 5.75 Å². The maximum absolute atomic E-state index is 13.9. The highest BCUT2D eigenvalue weighted by Gasteiger charge is 2.32. The number of carbonyl (C=O) groups excluding carboxylic acids is 5. The highest BCUT2D eigenvalue weighted by Crippen LogP contribution is 2.32. The molecule has 3 heterocycles. The number of benzene rings is 3. The molecule has 0 saturated carbocycles. The van der Waals surface area contributed by atoms with Crippen molar-refractivity contribution in [3.05, 3.63) is 86.0 Å². The number of fused-ring (bicyclic) bond motifs is 1. The number of amides is 4. The van der Waals surface area contributed by atoms with Crippen LogP contribution < -0.4 is 26.4 Å². The minimum atomic E-state index is -0.809. The molecule has 390 valence electrons. The van der Waals surface area contributed by atoms with Gasteiger partial charge in [-0.05, 0) is 87.4 Å². The molecule has 19 nitrogen and oxygen atoms in total. The summed E-state index contributed by atoms with van der Waals surface area (Å²) < 4.78 is 23.7. The molecular formula is C53H74N10O9. The van der Waals surface area contributed by atoms with Gasteiger partial charge in [0, 0.05) is 59.5 Å². The highest BCUT2D eigenvalue weighted by molar-refractivity contribution is 5.98. The fourth-order valence-corrected chi connectivity index (χ4v) is 8.83. The Labute approximate surface area is 422 Å². The average Bonchev–Trinajstić information content (AvgIpc) is 4.05. The lowest BCUT2D eigenvalue weighted by Crippen LogP contribution is -2.52. The number of likely N-dealkylation sites (tertiary alicyclic amines) is 1. The van der Waals surface area contributed by atoms with Gasteiger partial charge in [-0.3, -0.25) is 29.4 Å². The number of nitrogens with two attached hydrogens (primary N) is 1. The summed E-state index contributed by atoms with van der Waals surface area (Å²) in [7, 11) is 0. The van der Waals surface area contributed by atoms with E-state index in [2.05, 4.69) is 47.4 Å². The minimum Gasteiger partial charge on any atom is -0.488 e. The van der Waals surface area contributed by atoms with E-state index in [0.717, 1.165) is 82.5 Å². The molecule has 7 N–H and O–H groups in total. The maximum Gasteiger partial charge on any atom is 0.312 e. The van der Waals surface area contributed by atoms with E-state index in [9.17, 15) is 24.0 Å². The second-order valence-electron chi connectivity index (χ2n) is 18.6. The Kier molecular flexibility index (Phi) is 22.8. The maximum atomic E-state index is 13.9. The van der Waals surface area contributed by atoms with Crippen molar-refractivity contribution < 1.29 is 47.4 Å². The number of nitrogens with one attached hydrogen (secondary N) is 5. The Morgan fingerprint density at radius 1 is 0.819 bits per heavy atom. The van der Waals surface area contributed by atoms with E-state index in [4.69, 9.17) is 24.7 Å². The number of hydrogen-bond acceptors (Lipinski definition) is 12. The van der Waals surface area contributed by atoms with Gasteiger partial charge in [0.1, 0.15) is 43.3 Å². The van der Waals surface area contributed by atoms with E-state index >= 15 is 0 Å². The smallest absolute Gasteiger partial charge is 0.312 e. The zero-order chi connectivity index (χ0) is 50.4. The molecule has 4 amide bonds. The van der Waals surface area contributed by atoms with Gasteiger partial charge in [-0.2, -0.15) is 10.2 Å². The Bertz CT molecular complexity index is 2470. The number of Topliss-reactive ketones (excluding diaryl/α,β-unsaturated/α-hetero) is 2. The largest absolute Gasteiger partial charge is 0.488 e. The summed E-state index contributed by atoms with van der Waals surface area (Å²) in [6.45, 7) is 11.6. The lowest BCUT2D eigenvalue weighted by Gasteiger charge is -2.41. The van der Waals surface area contributed by atoms with E-state index < -0.39 is 18.0 Å². The first-order valence-corrected chi connectivity index (χ1v) is 24.8. The summed E-state index contributed by atoms with van der Waals surface area (Å²) in [5, 5.41) is 24.1. The zero-order valence-electron chi connectivity index (χ0n) is 42.3. The van der Waals surface area contributed by atoms with Crippen molar-refractivity contribution in [2.75, 3.05) is 77.7 Å². The van der Waals surface area contributed by atoms with Crippen LogP contribution in [-0.4, -0.2) is 138 Å². The molecule has 5 aromatic rings. The monoisotopic (exact) mass is 995 g/mol. The van der Waals surface area contributed by atoms with Crippen molar-refractivity contribution >= 4 is 46.0 Å². The number of carbonyl (C=O) groups is 5. The Morgan fingerprint density at radius 3 is 2.22 bits per heavy atom. The first kappa shape index (κ1) is 56.4. The highest BCUT2D eigenvalue weighted by atomic mass is 16.5. The predicted octanol–water partition coefficient (Wildman–Crippen LogP) is 6.57. The Balaban J connectivity index is 0.00000963. The standard InChI is InChI=1S/C52H70N10O9.CH3/c1-36(2)48(58-47(65)19-25-69-28-30-70-29-27-68-24-18-37(3)63)46(64)33-41(10-8-20-54-52(53)67)51(66)57-42-15-12-38(13-16-42)34-62(21-5-4-6-22-62)23-26-71-43-11-7-9-39(31-43)49-44-32-40(50-55-35-56-61-50)14-17-45(44)59-60-49;/h7,9,11-17,31-32,35-36,41,48H,4-6,8,10,18-30,33-34H2,1-3H3,(H6-,53,54,55,56,57,58,59,60,61,65,66,67);1H3/q;-1/p+1/t41-,48+;/m1./s1. The second kappa shape index (κ2) is 29.1. The molecule has 1 saturated heterocycles. The molecular weight excluding hydrogens is 921 g/mol. The number of hydrogen-bond donors (Lipinski definition) is 6. The summed E-state index contributed by atoms with van der Waals surface area (Å²) in [6.07, 6.45) is 6.01. The first-order chi connectivity index (χ1) is 34.4. The Morgan fingerprint density at radius 2 is 1.54 bits per heavy atom. The first-order valence-electron chi connectivity index (χ1n) is 24.8. The van der Waals surface area contributed by atoms with E-state index in [-0.39, 0.29) is 69.3 Å². The quantitative estimate of drug-likeness (QED) is 0.0157. The number of quaternary nitrogens is 1. The number of anilines is 1. The number of aromatic nitrogens is 5. The molecule has 2 atom stereocenters. The van der Waals surface area contributed by atoms with Crippen LogP contribution in [0.4, 0.5) is 10.5 Å². The SMILES string of the molecule is CC(=O)CCOCCOCCOCCC(=O)N[C@H](C(=O)C[C@@H](CCCNC(N)=O)C(=O)Nc1ccc(C[N+]2(CCOc3cccc(-c4n[nH]c5ccc(-c6ncn[nH]6)cc45)c3)CCCCC2)cc1)C(C)C.[CH3-]. The summed E-state index contributed by atoms with van der Waals surface area (Å²) in [5.41, 5.74) is 10.6. The number of urea groups is 1. The summed E-state index contributed by atoms with van der Waals surface area (Å²) in [4.78, 5) is 67.2. The molecule has 0 radical (unpaired) electrons. The van der Waals surface area contributed by atoms with E-state index in [1.54, 1.807) is 0 Å². The number of nitrogens with zero attached hydrogens (tertiary/aromatic N) is 4. The van der Waals surface area contributed by atoms with Crippen LogP contribution in [0.15, 0.2) is 73.1 Å². The number of piperidine rings is 1. The third-order valence-electron chi connectivity index (χ3n) is 12.7.